The zero-order chi connectivity index (χ0) is 25.7. The highest BCUT2D eigenvalue weighted by molar-refractivity contribution is 7.10. The lowest BCUT2D eigenvalue weighted by Crippen LogP contribution is -2.49. The van der Waals surface area contributed by atoms with Crippen LogP contribution >= 0.6 is 11.3 Å². The van der Waals surface area contributed by atoms with E-state index in [1.165, 1.54) is 17.0 Å². The maximum atomic E-state index is 13.7. The molecule has 8 heteroatoms. The summed E-state index contributed by atoms with van der Waals surface area (Å²) in [6.07, 6.45) is 1.47. The van der Waals surface area contributed by atoms with Gasteiger partial charge in [-0.3, -0.25) is 9.59 Å². The van der Waals surface area contributed by atoms with Crippen LogP contribution in [0.2, 0.25) is 0 Å². The average molecular weight is 511 g/mol. The van der Waals surface area contributed by atoms with E-state index in [2.05, 4.69) is 0 Å². The Hall–Kier alpha value is -3.39. The topological polar surface area (TPSA) is 59.1 Å². The molecule has 0 fully saturated rings. The van der Waals surface area contributed by atoms with Gasteiger partial charge in [0, 0.05) is 29.1 Å². The number of ether oxygens (including phenoxy) is 2. The quantitative estimate of drug-likeness (QED) is 0.390. The van der Waals surface area contributed by atoms with Crippen LogP contribution in [0.3, 0.4) is 0 Å². The summed E-state index contributed by atoms with van der Waals surface area (Å²) in [6.45, 7) is 4.66. The van der Waals surface area contributed by atoms with Crippen LogP contribution in [0, 0.1) is 5.82 Å². The molecule has 0 saturated heterocycles. The second-order valence-electron chi connectivity index (χ2n) is 8.84. The lowest BCUT2D eigenvalue weighted by atomic mass is 10.00. The molecule has 0 N–H and O–H groups in total. The largest absolute Gasteiger partial charge is 0.497 e. The van der Waals surface area contributed by atoms with Crippen molar-refractivity contribution in [3.63, 3.8) is 0 Å². The van der Waals surface area contributed by atoms with E-state index in [4.69, 9.17) is 9.47 Å². The molecule has 3 aromatic rings. The fourth-order valence-corrected chi connectivity index (χ4v) is 5.32. The molecule has 1 aromatic heterocycles. The number of thiophene rings is 1. The molecule has 0 aliphatic carbocycles. The Labute approximate surface area is 215 Å². The molecule has 0 spiro atoms. The lowest BCUT2D eigenvalue weighted by Gasteiger charge is -2.38. The summed E-state index contributed by atoms with van der Waals surface area (Å²) in [7, 11) is 1.58. The minimum absolute atomic E-state index is 0.0319. The van der Waals surface area contributed by atoms with E-state index in [0.717, 1.165) is 18.4 Å². The van der Waals surface area contributed by atoms with Crippen LogP contribution in [0.25, 0.3) is 0 Å². The molecule has 2 aromatic carbocycles. The van der Waals surface area contributed by atoms with Crippen LogP contribution in [0.4, 0.5) is 4.39 Å². The van der Waals surface area contributed by atoms with Crippen LogP contribution in [0.1, 0.15) is 47.1 Å². The number of nitrogens with zero attached hydrogens (tertiary/aromatic N) is 2. The smallest absolute Gasteiger partial charge is 0.254 e. The van der Waals surface area contributed by atoms with Gasteiger partial charge >= 0.3 is 0 Å². The first-order chi connectivity index (χ1) is 17.4. The summed E-state index contributed by atoms with van der Waals surface area (Å²) in [5, 5.41) is 2.02. The molecule has 0 bridgehead atoms. The van der Waals surface area contributed by atoms with Crippen molar-refractivity contribution >= 4 is 23.2 Å². The summed E-state index contributed by atoms with van der Waals surface area (Å²) >= 11 is 1.67. The van der Waals surface area contributed by atoms with Crippen molar-refractivity contribution in [3.05, 3.63) is 81.8 Å². The van der Waals surface area contributed by atoms with Crippen LogP contribution in [-0.4, -0.2) is 54.5 Å². The van der Waals surface area contributed by atoms with Crippen molar-refractivity contribution in [1.29, 1.82) is 0 Å². The normalized spacial score (nSPS) is 15.7. The molecule has 190 valence electrons. The fourth-order valence-electron chi connectivity index (χ4n) is 4.39. The van der Waals surface area contributed by atoms with Crippen LogP contribution in [0.15, 0.2) is 60.0 Å². The zero-order valence-electron chi connectivity index (χ0n) is 20.8. The van der Waals surface area contributed by atoms with E-state index < -0.39 is 0 Å². The SMILES string of the molecule is CCC(C)N(CC(=O)N1CCc2sccc2C1COc1cccc(F)c1)C(=O)c1ccc(OC)cc1. The molecule has 2 heterocycles. The average Bonchev–Trinajstić information content (AvgIpc) is 3.38. The third-order valence-corrected chi connectivity index (χ3v) is 7.64. The third-order valence-electron chi connectivity index (χ3n) is 6.65. The number of amides is 2. The number of benzene rings is 2. The number of fused-ring (bicyclic) bond motifs is 1. The van der Waals surface area contributed by atoms with Gasteiger partial charge in [0.25, 0.3) is 5.91 Å². The lowest BCUT2D eigenvalue weighted by molar-refractivity contribution is -0.136. The van der Waals surface area contributed by atoms with E-state index in [1.54, 1.807) is 64.6 Å². The van der Waals surface area contributed by atoms with Crippen molar-refractivity contribution in [2.45, 2.75) is 38.8 Å². The van der Waals surface area contributed by atoms with E-state index in [1.807, 2.05) is 25.3 Å². The van der Waals surface area contributed by atoms with Gasteiger partial charge in [-0.15, -0.1) is 11.3 Å². The zero-order valence-corrected chi connectivity index (χ0v) is 21.6. The van der Waals surface area contributed by atoms with Crippen molar-refractivity contribution in [2.24, 2.45) is 0 Å². The second kappa shape index (κ2) is 11.6. The first-order valence-corrected chi connectivity index (χ1v) is 13.0. The summed E-state index contributed by atoms with van der Waals surface area (Å²) < 4.78 is 24.8. The van der Waals surface area contributed by atoms with Gasteiger partial charge in [-0.25, -0.2) is 4.39 Å². The number of methoxy groups -OCH3 is 1. The minimum Gasteiger partial charge on any atom is -0.497 e. The third kappa shape index (κ3) is 5.70. The Bertz CT molecular complexity index is 1200. The maximum absolute atomic E-state index is 13.7. The minimum atomic E-state index is -0.374. The van der Waals surface area contributed by atoms with Gasteiger partial charge in [0.2, 0.25) is 5.91 Å². The monoisotopic (exact) mass is 510 g/mol. The first kappa shape index (κ1) is 25.7. The number of hydrogen-bond donors (Lipinski definition) is 0. The van der Waals surface area contributed by atoms with E-state index >= 15 is 0 Å². The molecule has 6 nitrogen and oxygen atoms in total. The molecule has 4 rings (SSSR count). The number of carbonyl (C=O) groups is 2. The molecule has 1 aliphatic rings. The highest BCUT2D eigenvalue weighted by Crippen LogP contribution is 2.34. The number of hydrogen-bond acceptors (Lipinski definition) is 5. The van der Waals surface area contributed by atoms with Crippen LogP contribution in [0.5, 0.6) is 11.5 Å². The Kier molecular flexibility index (Phi) is 8.25. The van der Waals surface area contributed by atoms with Gasteiger partial charge in [-0.05, 0) is 73.2 Å². The highest BCUT2D eigenvalue weighted by Gasteiger charge is 2.34. The number of halogens is 1. The molecule has 0 saturated carbocycles. The van der Waals surface area contributed by atoms with Gasteiger partial charge in [-0.1, -0.05) is 13.0 Å². The molecule has 2 amide bonds. The van der Waals surface area contributed by atoms with Gasteiger partial charge in [0.15, 0.2) is 0 Å². The molecule has 1 aliphatic heterocycles. The van der Waals surface area contributed by atoms with Crippen LogP contribution < -0.4 is 9.47 Å². The molecule has 2 unspecified atom stereocenters. The molecule has 0 radical (unpaired) electrons. The second-order valence-corrected chi connectivity index (χ2v) is 9.84. The first-order valence-electron chi connectivity index (χ1n) is 12.1. The highest BCUT2D eigenvalue weighted by atomic mass is 32.1. The van der Waals surface area contributed by atoms with Gasteiger partial charge in [-0.2, -0.15) is 0 Å². The van der Waals surface area contributed by atoms with Crippen molar-refractivity contribution in [1.82, 2.24) is 9.80 Å². The molecule has 36 heavy (non-hydrogen) atoms. The van der Waals surface area contributed by atoms with Gasteiger partial charge in [0.05, 0.1) is 13.2 Å². The van der Waals surface area contributed by atoms with Crippen molar-refractivity contribution in [2.75, 3.05) is 26.8 Å². The van der Waals surface area contributed by atoms with Crippen molar-refractivity contribution < 1.29 is 23.5 Å². The Balaban J connectivity index is 1.54. The van der Waals surface area contributed by atoms with Crippen molar-refractivity contribution in [3.8, 4) is 11.5 Å². The Morgan fingerprint density at radius 1 is 1.17 bits per heavy atom. The molecular formula is C28H31FN2O4S. The predicted octanol–water partition coefficient (Wildman–Crippen LogP) is 5.34. The van der Waals surface area contributed by atoms with Crippen LogP contribution in [-0.2, 0) is 11.2 Å². The van der Waals surface area contributed by atoms with E-state index in [9.17, 15) is 14.0 Å². The Morgan fingerprint density at radius 3 is 2.64 bits per heavy atom. The van der Waals surface area contributed by atoms with E-state index in [0.29, 0.717) is 23.6 Å². The molecule has 2 atom stereocenters. The van der Waals surface area contributed by atoms with Gasteiger partial charge in [0.1, 0.15) is 30.5 Å². The summed E-state index contributed by atoms with van der Waals surface area (Å²) in [5.41, 5.74) is 1.56. The summed E-state index contributed by atoms with van der Waals surface area (Å²) in [4.78, 5) is 31.7. The number of carbonyl (C=O) groups excluding carboxylic acids is 2. The summed E-state index contributed by atoms with van der Waals surface area (Å²) in [5.74, 6) is 0.379. The summed E-state index contributed by atoms with van der Waals surface area (Å²) in [6, 6.07) is 14.5. The Morgan fingerprint density at radius 2 is 1.94 bits per heavy atom. The molecular weight excluding hydrogens is 479 g/mol. The fraction of sp³-hybridized carbons (Fsp3) is 0.357. The maximum Gasteiger partial charge on any atom is 0.254 e. The van der Waals surface area contributed by atoms with E-state index in [-0.39, 0.29) is 42.9 Å². The predicted molar refractivity (Wildman–Crippen MR) is 138 cm³/mol. The van der Waals surface area contributed by atoms with Gasteiger partial charge < -0.3 is 19.3 Å². The standard InChI is InChI=1S/C28H31FN2O4S/c1-4-19(2)31(28(33)20-8-10-22(34-3)11-9-20)17-27(32)30-14-12-26-24(13-15-36-26)25(30)18-35-23-7-5-6-21(29)16-23/h5-11,13,15-16,19,25H,4,12,14,17-18H2,1-3H3. The number of rotatable bonds is 9.